The molecule has 2 atom stereocenters. The fraction of sp³-hybridized carbons (Fsp3) is 0.316. The van der Waals surface area contributed by atoms with Gasteiger partial charge in [0.25, 0.3) is 7.52 Å². The molecular weight excluding hydrogens is 337 g/mol. The molecule has 6 heteroatoms. The Morgan fingerprint density at radius 3 is 2.08 bits per heavy atom. The number of carboxylic acid groups (broad SMARTS) is 1. The fourth-order valence-corrected chi connectivity index (χ4v) is 4.21. The summed E-state index contributed by atoms with van der Waals surface area (Å²) in [6.45, 7) is 0. The largest absolute Gasteiger partial charge is 0.480 e. The van der Waals surface area contributed by atoms with Gasteiger partial charge in [-0.05, 0) is 30.4 Å². The summed E-state index contributed by atoms with van der Waals surface area (Å²) in [5, 5.41) is 11.8. The zero-order valence-electron chi connectivity index (χ0n) is 14.0. The first-order valence-electron chi connectivity index (χ1n) is 8.36. The van der Waals surface area contributed by atoms with E-state index >= 15 is 0 Å². The predicted octanol–water partition coefficient (Wildman–Crippen LogP) is 3.83. The number of aryl methyl sites for hydroxylation is 1. The number of aliphatic carboxylic acids is 1. The molecule has 0 fully saturated rings. The minimum Gasteiger partial charge on any atom is -0.480 e. The van der Waals surface area contributed by atoms with E-state index in [0.29, 0.717) is 18.4 Å². The van der Waals surface area contributed by atoms with Gasteiger partial charge in [0.2, 0.25) is 0 Å². The van der Waals surface area contributed by atoms with E-state index in [0.717, 1.165) is 12.8 Å². The molecule has 0 spiro atoms. The number of hydrogen-bond donors (Lipinski definition) is 3. The normalized spacial score (nSPS) is 14.6. The summed E-state index contributed by atoms with van der Waals surface area (Å²) in [6.07, 6.45) is 2.62. The van der Waals surface area contributed by atoms with Gasteiger partial charge < -0.3 is 10.00 Å². The van der Waals surface area contributed by atoms with Crippen LogP contribution in [0.25, 0.3) is 0 Å². The molecule has 0 saturated carbocycles. The number of carbonyl (C=O) groups is 1. The molecule has 3 N–H and O–H groups in total. The minimum absolute atomic E-state index is 0.0817. The van der Waals surface area contributed by atoms with Crippen molar-refractivity contribution in [3.05, 3.63) is 71.8 Å². The summed E-state index contributed by atoms with van der Waals surface area (Å²) in [4.78, 5) is 21.5. The van der Waals surface area contributed by atoms with Crippen molar-refractivity contribution in [3.8, 4) is 0 Å². The van der Waals surface area contributed by atoms with E-state index in [9.17, 15) is 19.4 Å². The van der Waals surface area contributed by atoms with Crippen LogP contribution < -0.4 is 5.09 Å². The zero-order valence-corrected chi connectivity index (χ0v) is 14.9. The van der Waals surface area contributed by atoms with Gasteiger partial charge in [0.1, 0.15) is 6.04 Å². The Balaban J connectivity index is 1.83. The molecule has 0 radical (unpaired) electrons. The van der Waals surface area contributed by atoms with Gasteiger partial charge in [-0.25, -0.2) is 5.09 Å². The molecule has 0 aromatic heterocycles. The van der Waals surface area contributed by atoms with Crippen LogP contribution >= 0.6 is 7.52 Å². The van der Waals surface area contributed by atoms with Crippen LogP contribution in [0.5, 0.6) is 0 Å². The number of carboxylic acids is 1. The van der Waals surface area contributed by atoms with Crippen molar-refractivity contribution < 1.29 is 19.4 Å². The molecule has 2 unspecified atom stereocenters. The number of hydrogen-bond acceptors (Lipinski definition) is 2. The highest BCUT2D eigenvalue weighted by atomic mass is 31.2. The molecule has 0 aliphatic rings. The molecule has 0 heterocycles. The molecule has 2 aromatic rings. The van der Waals surface area contributed by atoms with Crippen molar-refractivity contribution in [2.75, 3.05) is 0 Å². The lowest BCUT2D eigenvalue weighted by Crippen LogP contribution is -2.34. The van der Waals surface area contributed by atoms with Crippen molar-refractivity contribution in [1.82, 2.24) is 5.09 Å². The van der Waals surface area contributed by atoms with Gasteiger partial charge in [0.15, 0.2) is 0 Å². The number of nitrogens with one attached hydrogen (secondary N) is 1. The summed E-state index contributed by atoms with van der Waals surface area (Å²) in [7, 11) is -3.76. The van der Waals surface area contributed by atoms with Gasteiger partial charge in [0, 0.05) is 0 Å². The second-order valence-corrected chi connectivity index (χ2v) is 8.07. The number of rotatable bonds is 10. The first kappa shape index (κ1) is 19.4. The van der Waals surface area contributed by atoms with Crippen molar-refractivity contribution in [2.24, 2.45) is 0 Å². The third-order valence-electron chi connectivity index (χ3n) is 3.95. The Morgan fingerprint density at radius 1 is 0.960 bits per heavy atom. The molecule has 134 valence electrons. The first-order chi connectivity index (χ1) is 12.0. The second-order valence-electron chi connectivity index (χ2n) is 6.10. The van der Waals surface area contributed by atoms with Crippen LogP contribution in [0.4, 0.5) is 0 Å². The van der Waals surface area contributed by atoms with Crippen molar-refractivity contribution in [1.29, 1.82) is 0 Å². The summed E-state index contributed by atoms with van der Waals surface area (Å²) < 4.78 is 12.3. The van der Waals surface area contributed by atoms with E-state index in [1.165, 1.54) is 5.56 Å². The molecule has 0 aliphatic carbocycles. The van der Waals surface area contributed by atoms with E-state index in [2.05, 4.69) is 5.09 Å². The van der Waals surface area contributed by atoms with Gasteiger partial charge in [0.05, 0.1) is 6.16 Å². The molecule has 0 bridgehead atoms. The lowest BCUT2D eigenvalue weighted by Gasteiger charge is -2.19. The van der Waals surface area contributed by atoms with E-state index < -0.39 is 19.5 Å². The first-order valence-corrected chi connectivity index (χ1v) is 10.2. The van der Waals surface area contributed by atoms with Gasteiger partial charge in [-0.15, -0.1) is 0 Å². The summed E-state index contributed by atoms with van der Waals surface area (Å²) in [5.41, 5.74) is 1.91. The van der Waals surface area contributed by atoms with Gasteiger partial charge >= 0.3 is 5.97 Å². The zero-order chi connectivity index (χ0) is 18.1. The van der Waals surface area contributed by atoms with Crippen LogP contribution in [0, 0.1) is 0 Å². The van der Waals surface area contributed by atoms with Crippen LogP contribution in [-0.4, -0.2) is 22.0 Å². The number of benzene rings is 2. The van der Waals surface area contributed by atoms with E-state index in [1.54, 1.807) is 24.3 Å². The van der Waals surface area contributed by atoms with Gasteiger partial charge in [-0.2, -0.15) is 0 Å². The third kappa shape index (κ3) is 7.22. The molecule has 5 nitrogen and oxygen atoms in total. The van der Waals surface area contributed by atoms with Crippen LogP contribution in [-0.2, 0) is 21.9 Å². The average Bonchev–Trinajstić information content (AvgIpc) is 2.59. The maximum absolute atomic E-state index is 12.3. The molecular formula is C19H24NO4P. The summed E-state index contributed by atoms with van der Waals surface area (Å²) in [6, 6.07) is 17.9. The van der Waals surface area contributed by atoms with Crippen LogP contribution in [0.1, 0.15) is 30.4 Å². The molecule has 0 amide bonds. The topological polar surface area (TPSA) is 86.6 Å². The van der Waals surface area contributed by atoms with Crippen LogP contribution in [0.3, 0.4) is 0 Å². The quantitative estimate of drug-likeness (QED) is 0.442. The van der Waals surface area contributed by atoms with Gasteiger partial charge in [-0.3, -0.25) is 9.36 Å². The SMILES string of the molecule is O=C(O)C(CCCCc1ccccc1)NP(=O)(O)Cc1ccccc1. The van der Waals surface area contributed by atoms with Crippen molar-refractivity contribution >= 4 is 13.5 Å². The lowest BCUT2D eigenvalue weighted by atomic mass is 10.0. The highest BCUT2D eigenvalue weighted by molar-refractivity contribution is 7.55. The Morgan fingerprint density at radius 2 is 1.52 bits per heavy atom. The van der Waals surface area contributed by atoms with E-state index in [4.69, 9.17) is 0 Å². The maximum atomic E-state index is 12.3. The Bertz CT molecular complexity index is 706. The fourth-order valence-electron chi connectivity index (χ4n) is 2.69. The highest BCUT2D eigenvalue weighted by Crippen LogP contribution is 2.40. The Kier molecular flexibility index (Phi) is 7.38. The summed E-state index contributed by atoms with van der Waals surface area (Å²) >= 11 is 0. The predicted molar refractivity (Wildman–Crippen MR) is 98.5 cm³/mol. The van der Waals surface area contributed by atoms with Crippen molar-refractivity contribution in [2.45, 2.75) is 37.9 Å². The lowest BCUT2D eigenvalue weighted by molar-refractivity contribution is -0.139. The molecule has 0 aliphatic heterocycles. The standard InChI is InChI=1S/C19H24NO4P/c21-19(22)18(14-8-7-11-16-9-3-1-4-10-16)20-25(23,24)15-17-12-5-2-6-13-17/h1-6,9-10,12-13,18H,7-8,11,14-15H2,(H,21,22)(H2,20,23,24). The number of unbranched alkanes of at least 4 members (excludes halogenated alkanes) is 1. The molecule has 2 aromatic carbocycles. The van der Waals surface area contributed by atoms with E-state index in [-0.39, 0.29) is 6.16 Å². The summed E-state index contributed by atoms with van der Waals surface area (Å²) in [5.74, 6) is -1.10. The average molecular weight is 361 g/mol. The van der Waals surface area contributed by atoms with E-state index in [1.807, 2.05) is 36.4 Å². The highest BCUT2D eigenvalue weighted by Gasteiger charge is 2.27. The second kappa shape index (κ2) is 9.52. The Hall–Kier alpha value is -1.94. The van der Waals surface area contributed by atoms with Crippen LogP contribution in [0.15, 0.2) is 60.7 Å². The van der Waals surface area contributed by atoms with Gasteiger partial charge in [-0.1, -0.05) is 67.1 Å². The monoisotopic (exact) mass is 361 g/mol. The van der Waals surface area contributed by atoms with Crippen LogP contribution in [0.2, 0.25) is 0 Å². The third-order valence-corrected chi connectivity index (χ3v) is 5.46. The molecule has 0 saturated heterocycles. The Labute approximate surface area is 148 Å². The molecule has 25 heavy (non-hydrogen) atoms. The maximum Gasteiger partial charge on any atom is 0.321 e. The minimum atomic E-state index is -3.76. The smallest absolute Gasteiger partial charge is 0.321 e. The van der Waals surface area contributed by atoms with Crippen molar-refractivity contribution in [3.63, 3.8) is 0 Å². The molecule has 2 rings (SSSR count).